The highest BCUT2D eigenvalue weighted by Crippen LogP contribution is 2.15. The first-order valence-electron chi connectivity index (χ1n) is 3.38. The third kappa shape index (κ3) is 1.27. The highest BCUT2D eigenvalue weighted by molar-refractivity contribution is 6.68. The second-order valence-corrected chi connectivity index (χ2v) is 2.74. The molecule has 1 N–H and O–H groups in total. The van der Waals surface area contributed by atoms with Crippen molar-refractivity contribution in [3.63, 3.8) is 0 Å². The van der Waals surface area contributed by atoms with Crippen molar-refractivity contribution in [3.05, 3.63) is 23.8 Å². The van der Waals surface area contributed by atoms with Crippen molar-refractivity contribution >= 4 is 27.9 Å². The molecule has 2 aromatic rings. The van der Waals surface area contributed by atoms with E-state index in [1.807, 2.05) is 0 Å². The van der Waals surface area contributed by atoms with E-state index in [0.29, 0.717) is 11.0 Å². The van der Waals surface area contributed by atoms with Crippen LogP contribution in [-0.2, 0) is 0 Å². The van der Waals surface area contributed by atoms with Gasteiger partial charge in [-0.05, 0) is 17.7 Å². The highest BCUT2D eigenvalue weighted by Gasteiger charge is 2.12. The van der Waals surface area contributed by atoms with E-state index in [2.05, 4.69) is 15.2 Å². The minimum atomic E-state index is -0.737. The SMILES string of the molecule is O=C(Cl)c1n[nH]c2ncc(F)cc12. The first-order valence-corrected chi connectivity index (χ1v) is 3.76. The number of hydrogen-bond donors (Lipinski definition) is 1. The third-order valence-corrected chi connectivity index (χ3v) is 1.75. The number of halogens is 2. The quantitative estimate of drug-likeness (QED) is 0.708. The third-order valence-electron chi connectivity index (χ3n) is 1.57. The first kappa shape index (κ1) is 8.12. The van der Waals surface area contributed by atoms with Gasteiger partial charge in [0.25, 0.3) is 5.24 Å². The Balaban J connectivity index is 2.79. The maximum atomic E-state index is 12.7. The summed E-state index contributed by atoms with van der Waals surface area (Å²) < 4.78 is 12.7. The average Bonchev–Trinajstić information content (AvgIpc) is 2.46. The van der Waals surface area contributed by atoms with Gasteiger partial charge in [-0.2, -0.15) is 5.10 Å². The number of H-pyrrole nitrogens is 1. The number of nitrogens with zero attached hydrogens (tertiary/aromatic N) is 2. The molecule has 0 aliphatic heterocycles. The van der Waals surface area contributed by atoms with Crippen molar-refractivity contribution in [2.24, 2.45) is 0 Å². The second-order valence-electron chi connectivity index (χ2n) is 2.40. The summed E-state index contributed by atoms with van der Waals surface area (Å²) in [5.41, 5.74) is 0.328. The van der Waals surface area contributed by atoms with Crippen LogP contribution in [0, 0.1) is 5.82 Å². The molecule has 0 spiro atoms. The van der Waals surface area contributed by atoms with Crippen LogP contribution in [0.3, 0.4) is 0 Å². The second kappa shape index (κ2) is 2.77. The summed E-state index contributed by atoms with van der Waals surface area (Å²) >= 11 is 5.20. The Bertz CT molecular complexity index is 482. The molecule has 0 saturated heterocycles. The maximum absolute atomic E-state index is 12.7. The number of fused-ring (bicyclic) bond motifs is 1. The molecule has 0 amide bonds. The van der Waals surface area contributed by atoms with E-state index >= 15 is 0 Å². The Hall–Kier alpha value is -1.49. The number of carbonyl (C=O) groups excluding carboxylic acids is 1. The van der Waals surface area contributed by atoms with Crippen LogP contribution in [-0.4, -0.2) is 20.4 Å². The fourth-order valence-corrected chi connectivity index (χ4v) is 1.17. The van der Waals surface area contributed by atoms with E-state index in [1.54, 1.807) is 0 Å². The maximum Gasteiger partial charge on any atom is 0.273 e. The average molecular weight is 200 g/mol. The summed E-state index contributed by atoms with van der Waals surface area (Å²) in [6.45, 7) is 0. The zero-order valence-corrected chi connectivity index (χ0v) is 6.97. The summed E-state index contributed by atoms with van der Waals surface area (Å²) in [5.74, 6) is -0.534. The van der Waals surface area contributed by atoms with Crippen LogP contribution in [0.25, 0.3) is 11.0 Å². The molecule has 2 rings (SSSR count). The molecule has 0 bridgehead atoms. The molecule has 66 valence electrons. The van der Waals surface area contributed by atoms with Gasteiger partial charge in [-0.3, -0.25) is 9.89 Å². The highest BCUT2D eigenvalue weighted by atomic mass is 35.5. The fourth-order valence-electron chi connectivity index (χ4n) is 1.03. The standard InChI is InChI=1S/C7H3ClFN3O/c8-6(13)5-4-1-3(9)2-10-7(4)12-11-5/h1-2H,(H,10,11,12). The van der Waals surface area contributed by atoms with Gasteiger partial charge < -0.3 is 0 Å². The van der Waals surface area contributed by atoms with Crippen molar-refractivity contribution in [2.45, 2.75) is 0 Å². The molecule has 0 saturated carbocycles. The van der Waals surface area contributed by atoms with Crippen LogP contribution in [0.2, 0.25) is 0 Å². The summed E-state index contributed by atoms with van der Waals surface area (Å²) in [6, 6.07) is 1.15. The van der Waals surface area contributed by atoms with Crippen LogP contribution in [0.1, 0.15) is 10.5 Å². The van der Waals surface area contributed by atoms with E-state index in [4.69, 9.17) is 11.6 Å². The van der Waals surface area contributed by atoms with Crippen LogP contribution >= 0.6 is 11.6 Å². The number of rotatable bonds is 1. The molecule has 4 nitrogen and oxygen atoms in total. The lowest BCUT2D eigenvalue weighted by atomic mass is 10.3. The summed E-state index contributed by atoms with van der Waals surface area (Å²) in [4.78, 5) is 14.4. The van der Waals surface area contributed by atoms with Gasteiger partial charge in [0.2, 0.25) is 0 Å². The molecule has 0 atom stereocenters. The van der Waals surface area contributed by atoms with Crippen molar-refractivity contribution in [2.75, 3.05) is 0 Å². The Morgan fingerprint density at radius 1 is 1.62 bits per heavy atom. The summed E-state index contributed by atoms with van der Waals surface area (Å²) in [6.07, 6.45) is 1.03. The van der Waals surface area contributed by atoms with Gasteiger partial charge in [0, 0.05) is 0 Å². The molecule has 0 aliphatic carbocycles. The number of nitrogens with one attached hydrogen (secondary N) is 1. The van der Waals surface area contributed by atoms with Gasteiger partial charge in [0.15, 0.2) is 11.3 Å². The molecular formula is C7H3ClFN3O. The summed E-state index contributed by atoms with van der Waals surface area (Å²) in [5, 5.41) is 5.62. The lowest BCUT2D eigenvalue weighted by molar-refractivity contribution is 0.107. The van der Waals surface area contributed by atoms with Gasteiger partial charge >= 0.3 is 0 Å². The van der Waals surface area contributed by atoms with Gasteiger partial charge in [0.05, 0.1) is 11.6 Å². The topological polar surface area (TPSA) is 58.6 Å². The lowest BCUT2D eigenvalue weighted by Gasteiger charge is -1.89. The van der Waals surface area contributed by atoms with Crippen molar-refractivity contribution in [3.8, 4) is 0 Å². The molecule has 2 aromatic heterocycles. The number of carbonyl (C=O) groups is 1. The minimum Gasteiger partial charge on any atom is -0.274 e. The fraction of sp³-hybridized carbons (Fsp3) is 0. The predicted octanol–water partition coefficient (Wildman–Crippen LogP) is 1.48. The van der Waals surface area contributed by atoms with E-state index in [-0.39, 0.29) is 5.69 Å². The Morgan fingerprint density at radius 3 is 3.08 bits per heavy atom. The lowest BCUT2D eigenvalue weighted by Crippen LogP contribution is -1.89. The van der Waals surface area contributed by atoms with Crippen LogP contribution in [0.15, 0.2) is 12.3 Å². The van der Waals surface area contributed by atoms with Crippen LogP contribution in [0.5, 0.6) is 0 Å². The molecule has 6 heteroatoms. The van der Waals surface area contributed by atoms with Gasteiger partial charge in [-0.1, -0.05) is 0 Å². The van der Waals surface area contributed by atoms with E-state index < -0.39 is 11.1 Å². The Kier molecular flexibility index (Phi) is 1.73. The normalized spacial score (nSPS) is 10.6. The van der Waals surface area contributed by atoms with Crippen molar-refractivity contribution in [1.29, 1.82) is 0 Å². The number of aromatic amines is 1. The van der Waals surface area contributed by atoms with Crippen molar-refractivity contribution in [1.82, 2.24) is 15.2 Å². The molecule has 0 fully saturated rings. The van der Waals surface area contributed by atoms with Crippen molar-refractivity contribution < 1.29 is 9.18 Å². The molecule has 0 aliphatic rings. The molecule has 0 unspecified atom stereocenters. The largest absolute Gasteiger partial charge is 0.274 e. The molecule has 2 heterocycles. The van der Waals surface area contributed by atoms with E-state index in [9.17, 15) is 9.18 Å². The van der Waals surface area contributed by atoms with Gasteiger partial charge in [-0.25, -0.2) is 9.37 Å². The van der Waals surface area contributed by atoms with Crippen LogP contribution in [0.4, 0.5) is 4.39 Å². The molecule has 0 aromatic carbocycles. The Morgan fingerprint density at radius 2 is 2.38 bits per heavy atom. The van der Waals surface area contributed by atoms with E-state index in [1.165, 1.54) is 0 Å². The predicted molar refractivity (Wildman–Crippen MR) is 44.0 cm³/mol. The zero-order chi connectivity index (χ0) is 9.42. The van der Waals surface area contributed by atoms with Gasteiger partial charge in [0.1, 0.15) is 5.82 Å². The van der Waals surface area contributed by atoms with E-state index in [0.717, 1.165) is 12.3 Å². The van der Waals surface area contributed by atoms with Gasteiger partial charge in [-0.15, -0.1) is 0 Å². The summed E-state index contributed by atoms with van der Waals surface area (Å²) in [7, 11) is 0. The smallest absolute Gasteiger partial charge is 0.273 e. The van der Waals surface area contributed by atoms with Crippen LogP contribution < -0.4 is 0 Å². The monoisotopic (exact) mass is 199 g/mol. The Labute approximate surface area is 76.7 Å². The molecule has 0 radical (unpaired) electrons. The zero-order valence-electron chi connectivity index (χ0n) is 6.21. The number of pyridine rings is 1. The number of hydrogen-bond acceptors (Lipinski definition) is 3. The minimum absolute atomic E-state index is 0.0105. The molecular weight excluding hydrogens is 197 g/mol. The number of aromatic nitrogens is 3. The molecule has 13 heavy (non-hydrogen) atoms. The first-order chi connectivity index (χ1) is 6.18.